The molecule has 0 saturated carbocycles. The number of nitrogens with zero attached hydrogens (tertiary/aromatic N) is 4. The molecule has 2 aliphatic rings. The lowest BCUT2D eigenvalue weighted by molar-refractivity contribution is -0.146. The number of likely N-dealkylation sites (N-methyl/N-ethyl adjacent to an activating group) is 1. The molecule has 4 rings (SSSR count). The van der Waals surface area contributed by atoms with Gasteiger partial charge in [-0.05, 0) is 45.0 Å². The number of phenolic OH excluding ortho intramolecular Hbond substituents is 1. The van der Waals surface area contributed by atoms with Crippen LogP contribution in [0.2, 0.25) is 0 Å². The molecule has 2 unspecified atom stereocenters. The quantitative estimate of drug-likeness (QED) is 0.581. The largest absolute Gasteiger partial charge is 0.507 e. The van der Waals surface area contributed by atoms with Gasteiger partial charge in [0.1, 0.15) is 11.9 Å². The molecule has 0 aliphatic carbocycles. The third kappa shape index (κ3) is 5.20. The number of fused-ring (bicyclic) bond motifs is 2. The number of ether oxygens (including phenoxy) is 1. The molecule has 3 atom stereocenters. The topological polar surface area (TPSA) is 117 Å². The molecule has 2 aliphatic heterocycles. The maximum atomic E-state index is 13.2. The van der Waals surface area contributed by atoms with Gasteiger partial charge in [-0.3, -0.25) is 4.79 Å². The van der Waals surface area contributed by atoms with Crippen LogP contribution in [0.25, 0.3) is 11.3 Å². The van der Waals surface area contributed by atoms with Crippen LogP contribution < -0.4 is 16.0 Å². The Morgan fingerprint density at radius 1 is 1.24 bits per heavy atom. The Hall–Kier alpha value is -2.91. The van der Waals surface area contributed by atoms with E-state index in [-0.39, 0.29) is 23.7 Å². The van der Waals surface area contributed by atoms with Gasteiger partial charge < -0.3 is 30.7 Å². The van der Waals surface area contributed by atoms with Crippen molar-refractivity contribution in [3.8, 4) is 17.0 Å². The highest BCUT2D eigenvalue weighted by atomic mass is 16.5. The molecule has 2 aromatic rings. The summed E-state index contributed by atoms with van der Waals surface area (Å²) in [7, 11) is 1.83. The number of para-hydroxylation sites is 1. The fraction of sp³-hybridized carbons (Fsp3) is 0.542. The number of nitrogens with two attached hydrogens (primary N) is 1. The molecule has 1 aromatic carbocycles. The first-order valence-electron chi connectivity index (χ1n) is 11.8. The lowest BCUT2D eigenvalue weighted by atomic mass is 10.1. The molecule has 9 nitrogen and oxygen atoms in total. The number of hydrogen-bond acceptors (Lipinski definition) is 8. The number of aromatic hydroxyl groups is 1. The SMILES string of the molecule is CC.CCO[C@H](CNC)C(=O)N1C2CCC1CN(c1cc(-c3ccccc3O)nnc1N)C2. The number of anilines is 2. The number of benzene rings is 1. The average Bonchev–Trinajstić information content (AvgIpc) is 3.09. The van der Waals surface area contributed by atoms with E-state index in [4.69, 9.17) is 10.5 Å². The zero-order valence-electron chi connectivity index (χ0n) is 20.0. The Morgan fingerprint density at radius 3 is 2.52 bits per heavy atom. The minimum atomic E-state index is -0.468. The molecule has 0 radical (unpaired) electrons. The van der Waals surface area contributed by atoms with Gasteiger partial charge in [-0.2, -0.15) is 0 Å². The van der Waals surface area contributed by atoms with E-state index in [2.05, 4.69) is 20.4 Å². The molecule has 33 heavy (non-hydrogen) atoms. The Balaban J connectivity index is 0.00000149. The van der Waals surface area contributed by atoms with E-state index in [0.29, 0.717) is 43.3 Å². The summed E-state index contributed by atoms with van der Waals surface area (Å²) in [5.41, 5.74) is 8.15. The lowest BCUT2D eigenvalue weighted by Crippen LogP contribution is -2.59. The smallest absolute Gasteiger partial charge is 0.253 e. The summed E-state index contributed by atoms with van der Waals surface area (Å²) in [6, 6.07) is 9.12. The fourth-order valence-electron chi connectivity index (χ4n) is 4.70. The van der Waals surface area contributed by atoms with Gasteiger partial charge in [0, 0.05) is 43.9 Å². The maximum Gasteiger partial charge on any atom is 0.253 e. The van der Waals surface area contributed by atoms with Gasteiger partial charge in [0.05, 0.1) is 11.4 Å². The minimum Gasteiger partial charge on any atom is -0.507 e. The van der Waals surface area contributed by atoms with E-state index >= 15 is 0 Å². The maximum absolute atomic E-state index is 13.2. The molecule has 9 heteroatoms. The van der Waals surface area contributed by atoms with Crippen LogP contribution in [0, 0.1) is 0 Å². The van der Waals surface area contributed by atoms with E-state index in [1.54, 1.807) is 18.2 Å². The first kappa shape index (κ1) is 24.7. The summed E-state index contributed by atoms with van der Waals surface area (Å²) < 4.78 is 5.70. The van der Waals surface area contributed by atoms with Crippen molar-refractivity contribution in [2.45, 2.75) is 51.8 Å². The molecular formula is C24H36N6O3. The van der Waals surface area contributed by atoms with Crippen LogP contribution in [0.3, 0.4) is 0 Å². The van der Waals surface area contributed by atoms with E-state index in [0.717, 1.165) is 18.5 Å². The van der Waals surface area contributed by atoms with Crippen LogP contribution in [0.1, 0.15) is 33.6 Å². The van der Waals surface area contributed by atoms with Crippen LogP contribution in [0.15, 0.2) is 30.3 Å². The minimum absolute atomic E-state index is 0.0547. The summed E-state index contributed by atoms with van der Waals surface area (Å²) >= 11 is 0. The van der Waals surface area contributed by atoms with Crippen molar-refractivity contribution < 1.29 is 14.6 Å². The number of nitrogen functional groups attached to an aromatic ring is 1. The molecule has 2 saturated heterocycles. The van der Waals surface area contributed by atoms with Gasteiger partial charge in [0.15, 0.2) is 5.82 Å². The predicted molar refractivity (Wildman–Crippen MR) is 130 cm³/mol. The summed E-state index contributed by atoms with van der Waals surface area (Å²) in [5.74, 6) is 0.550. The monoisotopic (exact) mass is 456 g/mol. The highest BCUT2D eigenvalue weighted by molar-refractivity contribution is 5.83. The van der Waals surface area contributed by atoms with Gasteiger partial charge in [0.2, 0.25) is 0 Å². The third-order valence-corrected chi connectivity index (χ3v) is 6.09. The first-order valence-corrected chi connectivity index (χ1v) is 11.8. The molecule has 2 bridgehead atoms. The summed E-state index contributed by atoms with van der Waals surface area (Å²) in [4.78, 5) is 17.4. The van der Waals surface area contributed by atoms with Crippen LogP contribution in [-0.2, 0) is 9.53 Å². The summed E-state index contributed by atoms with van der Waals surface area (Å²) in [6.07, 6.45) is 1.44. The molecule has 1 aromatic heterocycles. The normalized spacial score (nSPS) is 20.2. The number of nitrogens with one attached hydrogen (secondary N) is 1. The van der Waals surface area contributed by atoms with E-state index in [9.17, 15) is 9.90 Å². The standard InChI is InChI=1S/C22H30N6O3.C2H6/c1-3-31-20(11-24-2)22(30)28-14-8-9-15(28)13-27(12-14)18-10-17(25-26-21(18)23)16-6-4-5-7-19(16)29;1-2/h4-7,10,14-15,20,24,29H,3,8-9,11-13H2,1-2H3,(H2,23,26);1-2H3/t14?,15?,20-;/m1./s1. The highest BCUT2D eigenvalue weighted by Crippen LogP contribution is 2.37. The van der Waals surface area contributed by atoms with Gasteiger partial charge in [-0.15, -0.1) is 10.2 Å². The number of hydrogen-bond donors (Lipinski definition) is 3. The van der Waals surface area contributed by atoms with Crippen LogP contribution in [0.5, 0.6) is 5.75 Å². The number of carbonyl (C=O) groups excluding carboxylic acids is 1. The van der Waals surface area contributed by atoms with E-state index in [1.165, 1.54) is 0 Å². The zero-order valence-corrected chi connectivity index (χ0v) is 20.0. The van der Waals surface area contributed by atoms with E-state index < -0.39 is 6.10 Å². The molecule has 2 fully saturated rings. The molecule has 3 heterocycles. The number of carbonyl (C=O) groups is 1. The van der Waals surface area contributed by atoms with Gasteiger partial charge >= 0.3 is 0 Å². The summed E-state index contributed by atoms with van der Waals surface area (Å²) in [6.45, 7) is 8.26. The van der Waals surface area contributed by atoms with Gasteiger partial charge in [0.25, 0.3) is 5.91 Å². The van der Waals surface area contributed by atoms with Crippen LogP contribution in [-0.4, -0.2) is 77.6 Å². The number of piperazine rings is 1. The Kier molecular flexibility index (Phi) is 8.46. The molecular weight excluding hydrogens is 420 g/mol. The average molecular weight is 457 g/mol. The number of rotatable bonds is 7. The number of amides is 1. The van der Waals surface area contributed by atoms with Crippen molar-refractivity contribution in [2.75, 3.05) is 43.9 Å². The van der Waals surface area contributed by atoms with Crippen molar-refractivity contribution in [1.29, 1.82) is 0 Å². The van der Waals surface area contributed by atoms with E-state index in [1.807, 2.05) is 44.9 Å². The molecule has 180 valence electrons. The molecule has 4 N–H and O–H groups in total. The van der Waals surface area contributed by atoms with Crippen molar-refractivity contribution >= 4 is 17.4 Å². The highest BCUT2D eigenvalue weighted by Gasteiger charge is 2.45. The van der Waals surface area contributed by atoms with Crippen LogP contribution in [0.4, 0.5) is 11.5 Å². The van der Waals surface area contributed by atoms with Crippen LogP contribution >= 0.6 is 0 Å². The zero-order chi connectivity index (χ0) is 24.0. The van der Waals surface area contributed by atoms with Gasteiger partial charge in [-0.25, -0.2) is 0 Å². The number of phenols is 1. The second-order valence-electron chi connectivity index (χ2n) is 8.05. The second-order valence-corrected chi connectivity index (χ2v) is 8.05. The van der Waals surface area contributed by atoms with Crippen molar-refractivity contribution in [3.63, 3.8) is 0 Å². The van der Waals surface area contributed by atoms with Gasteiger partial charge in [-0.1, -0.05) is 26.0 Å². The second kappa shape index (κ2) is 11.3. The third-order valence-electron chi connectivity index (χ3n) is 6.09. The van der Waals surface area contributed by atoms with Crippen molar-refractivity contribution in [1.82, 2.24) is 20.4 Å². The Morgan fingerprint density at radius 2 is 1.91 bits per heavy atom. The summed E-state index contributed by atoms with van der Waals surface area (Å²) in [5, 5.41) is 21.6. The number of aromatic nitrogens is 2. The van der Waals surface area contributed by atoms with Crippen molar-refractivity contribution in [2.24, 2.45) is 0 Å². The lowest BCUT2D eigenvalue weighted by Gasteiger charge is -2.43. The molecule has 1 amide bonds. The first-order chi connectivity index (χ1) is 16.0. The fourth-order valence-corrected chi connectivity index (χ4v) is 4.70. The molecule has 0 spiro atoms. The predicted octanol–water partition coefficient (Wildman–Crippen LogP) is 2.26. The van der Waals surface area contributed by atoms with Crippen molar-refractivity contribution in [3.05, 3.63) is 30.3 Å². The Bertz CT molecular complexity index is 920. The Labute approximate surface area is 195 Å².